The van der Waals surface area contributed by atoms with Gasteiger partial charge in [0.05, 0.1) is 6.04 Å². The number of halogens is 4. The SMILES string of the molecule is NNC(c1cc(Cl)ccc1F)c1cccc(F)c1F. The summed E-state index contributed by atoms with van der Waals surface area (Å²) in [5, 5.41) is 0.272. The molecule has 0 bridgehead atoms. The lowest BCUT2D eigenvalue weighted by atomic mass is 9.98. The summed E-state index contributed by atoms with van der Waals surface area (Å²) in [6, 6.07) is 6.39. The van der Waals surface area contributed by atoms with E-state index in [4.69, 9.17) is 17.4 Å². The van der Waals surface area contributed by atoms with E-state index in [9.17, 15) is 13.2 Å². The molecule has 19 heavy (non-hydrogen) atoms. The number of benzene rings is 2. The van der Waals surface area contributed by atoms with E-state index in [0.29, 0.717) is 0 Å². The van der Waals surface area contributed by atoms with Crippen LogP contribution in [0.5, 0.6) is 0 Å². The zero-order valence-corrected chi connectivity index (χ0v) is 10.4. The van der Waals surface area contributed by atoms with Crippen molar-refractivity contribution in [2.24, 2.45) is 5.84 Å². The number of nitrogens with two attached hydrogens (primary N) is 1. The van der Waals surface area contributed by atoms with Crippen molar-refractivity contribution in [3.63, 3.8) is 0 Å². The van der Waals surface area contributed by atoms with Gasteiger partial charge in [0.2, 0.25) is 0 Å². The lowest BCUT2D eigenvalue weighted by Gasteiger charge is -2.18. The number of rotatable bonds is 3. The molecule has 2 nitrogen and oxygen atoms in total. The Morgan fingerprint density at radius 3 is 2.42 bits per heavy atom. The smallest absolute Gasteiger partial charge is 0.163 e. The highest BCUT2D eigenvalue weighted by Crippen LogP contribution is 2.28. The topological polar surface area (TPSA) is 38.0 Å². The Bertz CT molecular complexity index is 602. The summed E-state index contributed by atoms with van der Waals surface area (Å²) in [5.41, 5.74) is 2.21. The second-order valence-corrected chi connectivity index (χ2v) is 4.34. The largest absolute Gasteiger partial charge is 0.271 e. The number of hydrogen-bond donors (Lipinski definition) is 2. The average molecular weight is 287 g/mol. The van der Waals surface area contributed by atoms with E-state index in [0.717, 1.165) is 12.1 Å². The standard InChI is InChI=1S/C13H10ClF3N2/c14-7-4-5-10(15)9(6-7)13(19-18)8-2-1-3-11(16)12(8)17/h1-6,13,19H,18H2. The number of hydrazine groups is 1. The monoisotopic (exact) mass is 286 g/mol. The Morgan fingerprint density at radius 2 is 1.74 bits per heavy atom. The molecule has 2 aromatic carbocycles. The van der Waals surface area contributed by atoms with Crippen LogP contribution in [0.25, 0.3) is 0 Å². The molecule has 0 aromatic heterocycles. The zero-order valence-electron chi connectivity index (χ0n) is 9.63. The first-order chi connectivity index (χ1) is 9.04. The van der Waals surface area contributed by atoms with Crippen LogP contribution in [-0.2, 0) is 0 Å². The molecule has 6 heteroatoms. The third-order valence-electron chi connectivity index (χ3n) is 2.73. The maximum Gasteiger partial charge on any atom is 0.163 e. The van der Waals surface area contributed by atoms with Gasteiger partial charge >= 0.3 is 0 Å². The molecule has 0 spiro atoms. The Morgan fingerprint density at radius 1 is 1.00 bits per heavy atom. The molecular weight excluding hydrogens is 277 g/mol. The van der Waals surface area contributed by atoms with Crippen LogP contribution in [0.15, 0.2) is 36.4 Å². The Labute approximate surface area is 113 Å². The van der Waals surface area contributed by atoms with Crippen molar-refractivity contribution in [3.05, 3.63) is 70.0 Å². The highest BCUT2D eigenvalue weighted by atomic mass is 35.5. The summed E-state index contributed by atoms with van der Waals surface area (Å²) in [5.74, 6) is 2.60. The lowest BCUT2D eigenvalue weighted by Crippen LogP contribution is -2.30. The quantitative estimate of drug-likeness (QED) is 0.671. The van der Waals surface area contributed by atoms with Crippen LogP contribution < -0.4 is 11.3 Å². The summed E-state index contributed by atoms with van der Waals surface area (Å²) >= 11 is 5.77. The zero-order chi connectivity index (χ0) is 14.0. The van der Waals surface area contributed by atoms with Gasteiger partial charge in [0.15, 0.2) is 11.6 Å². The maximum absolute atomic E-state index is 13.8. The normalized spacial score (nSPS) is 12.5. The van der Waals surface area contributed by atoms with Gasteiger partial charge in [-0.3, -0.25) is 5.84 Å². The van der Waals surface area contributed by atoms with Crippen LogP contribution >= 0.6 is 11.6 Å². The second kappa shape index (κ2) is 5.61. The van der Waals surface area contributed by atoms with E-state index in [-0.39, 0.29) is 16.1 Å². The van der Waals surface area contributed by atoms with Gasteiger partial charge in [0.1, 0.15) is 5.82 Å². The fraction of sp³-hybridized carbons (Fsp3) is 0.0769. The Kier molecular flexibility index (Phi) is 4.09. The Balaban J connectivity index is 2.56. The van der Waals surface area contributed by atoms with E-state index >= 15 is 0 Å². The molecule has 1 atom stereocenters. The van der Waals surface area contributed by atoms with E-state index in [1.807, 2.05) is 0 Å². The first kappa shape index (κ1) is 13.9. The van der Waals surface area contributed by atoms with Crippen molar-refractivity contribution < 1.29 is 13.2 Å². The van der Waals surface area contributed by atoms with Gasteiger partial charge in [-0.15, -0.1) is 0 Å². The molecule has 1 unspecified atom stereocenters. The van der Waals surface area contributed by atoms with Gasteiger partial charge in [-0.2, -0.15) is 0 Å². The fourth-order valence-corrected chi connectivity index (χ4v) is 2.01. The Hall–Kier alpha value is -1.56. The van der Waals surface area contributed by atoms with Crippen molar-refractivity contribution in [2.75, 3.05) is 0 Å². The van der Waals surface area contributed by atoms with E-state index in [1.165, 1.54) is 24.3 Å². The first-order valence-electron chi connectivity index (χ1n) is 5.39. The molecule has 2 aromatic rings. The van der Waals surface area contributed by atoms with Gasteiger partial charge in [-0.25, -0.2) is 18.6 Å². The van der Waals surface area contributed by atoms with Crippen molar-refractivity contribution in [2.45, 2.75) is 6.04 Å². The molecule has 0 fully saturated rings. The average Bonchev–Trinajstić information content (AvgIpc) is 2.39. The molecule has 0 saturated carbocycles. The van der Waals surface area contributed by atoms with Crippen molar-refractivity contribution in [1.82, 2.24) is 5.43 Å². The van der Waals surface area contributed by atoms with Gasteiger partial charge in [-0.05, 0) is 24.3 Å². The maximum atomic E-state index is 13.8. The van der Waals surface area contributed by atoms with Crippen LogP contribution in [0, 0.1) is 17.5 Å². The van der Waals surface area contributed by atoms with Crippen molar-refractivity contribution in [3.8, 4) is 0 Å². The molecule has 0 aliphatic rings. The van der Waals surface area contributed by atoms with Crippen molar-refractivity contribution >= 4 is 11.6 Å². The minimum Gasteiger partial charge on any atom is -0.271 e. The summed E-state index contributed by atoms with van der Waals surface area (Å²) in [7, 11) is 0. The molecule has 0 aliphatic heterocycles. The molecule has 0 amide bonds. The van der Waals surface area contributed by atoms with Gasteiger partial charge in [-0.1, -0.05) is 23.7 Å². The summed E-state index contributed by atoms with van der Waals surface area (Å²) in [4.78, 5) is 0. The van der Waals surface area contributed by atoms with E-state index in [2.05, 4.69) is 5.43 Å². The summed E-state index contributed by atoms with van der Waals surface area (Å²) in [6.45, 7) is 0. The molecule has 0 aliphatic carbocycles. The molecule has 3 N–H and O–H groups in total. The third-order valence-corrected chi connectivity index (χ3v) is 2.96. The van der Waals surface area contributed by atoms with Gasteiger partial charge in [0.25, 0.3) is 0 Å². The number of hydrogen-bond acceptors (Lipinski definition) is 2. The highest BCUT2D eigenvalue weighted by molar-refractivity contribution is 6.30. The molecule has 2 rings (SSSR count). The molecule has 0 heterocycles. The highest BCUT2D eigenvalue weighted by Gasteiger charge is 2.21. The number of nitrogens with one attached hydrogen (secondary N) is 1. The van der Waals surface area contributed by atoms with Crippen LogP contribution in [0.4, 0.5) is 13.2 Å². The minimum absolute atomic E-state index is 0.0412. The fourth-order valence-electron chi connectivity index (χ4n) is 1.83. The predicted octanol–water partition coefficient (Wildman–Crippen LogP) is 3.31. The summed E-state index contributed by atoms with van der Waals surface area (Å²) in [6.07, 6.45) is 0. The van der Waals surface area contributed by atoms with Crippen LogP contribution in [0.3, 0.4) is 0 Å². The summed E-state index contributed by atoms with van der Waals surface area (Å²) < 4.78 is 40.7. The third kappa shape index (κ3) is 2.73. The molecular formula is C13H10ClF3N2. The molecule has 100 valence electrons. The van der Waals surface area contributed by atoms with E-state index in [1.54, 1.807) is 0 Å². The molecule has 0 radical (unpaired) electrons. The van der Waals surface area contributed by atoms with Gasteiger partial charge < -0.3 is 0 Å². The second-order valence-electron chi connectivity index (χ2n) is 3.91. The molecule has 0 saturated heterocycles. The van der Waals surface area contributed by atoms with Crippen LogP contribution in [0.1, 0.15) is 17.2 Å². The first-order valence-corrected chi connectivity index (χ1v) is 5.77. The van der Waals surface area contributed by atoms with Gasteiger partial charge in [0, 0.05) is 16.1 Å². The van der Waals surface area contributed by atoms with E-state index < -0.39 is 23.5 Å². The van der Waals surface area contributed by atoms with Crippen molar-refractivity contribution in [1.29, 1.82) is 0 Å². The lowest BCUT2D eigenvalue weighted by molar-refractivity contribution is 0.477. The van der Waals surface area contributed by atoms with Crippen LogP contribution in [0.2, 0.25) is 5.02 Å². The predicted molar refractivity (Wildman–Crippen MR) is 66.9 cm³/mol. The minimum atomic E-state index is -1.08. The van der Waals surface area contributed by atoms with Crippen LogP contribution in [-0.4, -0.2) is 0 Å².